The number of halogens is 1. The van der Waals surface area contributed by atoms with Crippen molar-refractivity contribution in [2.24, 2.45) is 0 Å². The van der Waals surface area contributed by atoms with Crippen LogP contribution < -0.4 is 10.2 Å². The number of rotatable bonds is 4. The molecule has 2 heterocycles. The van der Waals surface area contributed by atoms with Crippen LogP contribution in [0, 0.1) is 0 Å². The summed E-state index contributed by atoms with van der Waals surface area (Å²) in [6.07, 6.45) is 1.15. The predicted molar refractivity (Wildman–Crippen MR) is 97.0 cm³/mol. The van der Waals surface area contributed by atoms with Crippen molar-refractivity contribution in [2.75, 3.05) is 43.4 Å². The topological polar surface area (TPSA) is 70.6 Å². The summed E-state index contributed by atoms with van der Waals surface area (Å²) in [4.78, 5) is 24.3. The van der Waals surface area contributed by atoms with Crippen LogP contribution in [-0.4, -0.2) is 54.2 Å². The van der Waals surface area contributed by atoms with Crippen LogP contribution in [0.1, 0.15) is 5.56 Å². The molecule has 0 aliphatic carbocycles. The van der Waals surface area contributed by atoms with Gasteiger partial charge in [0.1, 0.15) is 18.6 Å². The molecule has 3 rings (SSSR count). The first-order chi connectivity index (χ1) is 12.2. The van der Waals surface area contributed by atoms with Crippen molar-refractivity contribution in [1.82, 2.24) is 14.9 Å². The number of carbonyl (C=O) groups excluding carboxylic acids is 1. The smallest absolute Gasteiger partial charge is 0.410 e. The monoisotopic (exact) mass is 361 g/mol. The molecule has 0 atom stereocenters. The zero-order valence-electron chi connectivity index (χ0n) is 14.0. The summed E-state index contributed by atoms with van der Waals surface area (Å²) in [5.74, 6) is 0.750. The number of hydrogen-bond donors (Lipinski definition) is 1. The van der Waals surface area contributed by atoms with E-state index in [1.807, 2.05) is 30.3 Å². The van der Waals surface area contributed by atoms with Crippen LogP contribution in [0.3, 0.4) is 0 Å². The lowest BCUT2D eigenvalue weighted by molar-refractivity contribution is 0.0941. The standard InChI is InChI=1S/C17H20ClN5O2/c1-19-14-15(18)20-12-21-16(14)22-7-9-23(10-8-22)17(24)25-11-13-5-3-2-4-6-13/h2-6,12,19H,7-11H2,1H3. The molecule has 0 bridgehead atoms. The van der Waals surface area contributed by atoms with E-state index in [4.69, 9.17) is 16.3 Å². The zero-order valence-corrected chi connectivity index (χ0v) is 14.7. The van der Waals surface area contributed by atoms with Gasteiger partial charge in [-0.2, -0.15) is 0 Å². The van der Waals surface area contributed by atoms with E-state index in [-0.39, 0.29) is 12.7 Å². The molecule has 132 valence electrons. The number of nitrogens with zero attached hydrogens (tertiary/aromatic N) is 4. The molecule has 1 amide bonds. The number of carbonyl (C=O) groups is 1. The maximum atomic E-state index is 12.2. The van der Waals surface area contributed by atoms with E-state index in [9.17, 15) is 4.79 Å². The average Bonchev–Trinajstić information content (AvgIpc) is 2.67. The third kappa shape index (κ3) is 4.11. The molecule has 1 aliphatic heterocycles. The third-order valence-corrected chi connectivity index (χ3v) is 4.36. The van der Waals surface area contributed by atoms with Crippen molar-refractivity contribution >= 4 is 29.2 Å². The summed E-state index contributed by atoms with van der Waals surface area (Å²) < 4.78 is 5.38. The van der Waals surface area contributed by atoms with E-state index in [2.05, 4.69) is 20.2 Å². The van der Waals surface area contributed by atoms with Crippen LogP contribution in [0.5, 0.6) is 0 Å². The Labute approximate surface area is 151 Å². The second-order valence-corrected chi connectivity index (χ2v) is 5.99. The van der Waals surface area contributed by atoms with Gasteiger partial charge in [-0.15, -0.1) is 0 Å². The van der Waals surface area contributed by atoms with E-state index in [1.54, 1.807) is 11.9 Å². The van der Waals surface area contributed by atoms with Gasteiger partial charge in [-0.1, -0.05) is 41.9 Å². The molecule has 1 saturated heterocycles. The number of aromatic nitrogens is 2. The van der Waals surface area contributed by atoms with Gasteiger partial charge in [-0.05, 0) is 5.56 Å². The first-order valence-corrected chi connectivity index (χ1v) is 8.45. The zero-order chi connectivity index (χ0) is 17.6. The molecular formula is C17H20ClN5O2. The Hall–Kier alpha value is -2.54. The molecule has 1 aromatic carbocycles. The molecule has 1 aromatic heterocycles. The minimum atomic E-state index is -0.293. The van der Waals surface area contributed by atoms with E-state index < -0.39 is 0 Å². The van der Waals surface area contributed by atoms with E-state index in [0.29, 0.717) is 37.0 Å². The minimum Gasteiger partial charge on any atom is -0.445 e. The fourth-order valence-corrected chi connectivity index (χ4v) is 2.94. The second kappa shape index (κ2) is 8.02. The van der Waals surface area contributed by atoms with E-state index in [0.717, 1.165) is 11.4 Å². The molecule has 0 radical (unpaired) electrons. The van der Waals surface area contributed by atoms with Crippen LogP contribution >= 0.6 is 11.6 Å². The van der Waals surface area contributed by atoms with Gasteiger partial charge in [-0.25, -0.2) is 14.8 Å². The number of benzene rings is 1. The summed E-state index contributed by atoms with van der Waals surface area (Å²) in [5, 5.41) is 3.42. The van der Waals surface area contributed by atoms with Crippen molar-refractivity contribution in [1.29, 1.82) is 0 Å². The van der Waals surface area contributed by atoms with Gasteiger partial charge in [0, 0.05) is 33.2 Å². The number of hydrogen-bond acceptors (Lipinski definition) is 6. The van der Waals surface area contributed by atoms with Crippen LogP contribution in [0.15, 0.2) is 36.7 Å². The number of piperazine rings is 1. The summed E-state index contributed by atoms with van der Waals surface area (Å²) >= 11 is 6.10. The van der Waals surface area contributed by atoms with Gasteiger partial charge in [0.05, 0.1) is 0 Å². The molecule has 2 aromatic rings. The number of nitrogens with one attached hydrogen (secondary N) is 1. The lowest BCUT2D eigenvalue weighted by Crippen LogP contribution is -2.49. The first-order valence-electron chi connectivity index (χ1n) is 8.08. The molecule has 1 aliphatic rings. The van der Waals surface area contributed by atoms with Crippen molar-refractivity contribution in [3.05, 3.63) is 47.4 Å². The largest absolute Gasteiger partial charge is 0.445 e. The Balaban J connectivity index is 1.55. The summed E-state index contributed by atoms with van der Waals surface area (Å²) in [6, 6.07) is 9.65. The summed E-state index contributed by atoms with van der Waals surface area (Å²) in [7, 11) is 1.78. The Morgan fingerprint density at radius 3 is 2.60 bits per heavy atom. The Morgan fingerprint density at radius 1 is 1.20 bits per heavy atom. The molecule has 1 N–H and O–H groups in total. The van der Waals surface area contributed by atoms with Gasteiger partial charge in [0.2, 0.25) is 0 Å². The fourth-order valence-electron chi connectivity index (χ4n) is 2.72. The number of anilines is 2. The quantitative estimate of drug-likeness (QED) is 0.844. The van der Waals surface area contributed by atoms with Crippen LogP contribution in [-0.2, 0) is 11.3 Å². The van der Waals surface area contributed by atoms with E-state index in [1.165, 1.54) is 6.33 Å². The van der Waals surface area contributed by atoms with Crippen molar-refractivity contribution in [2.45, 2.75) is 6.61 Å². The van der Waals surface area contributed by atoms with Gasteiger partial charge in [0.25, 0.3) is 0 Å². The van der Waals surface area contributed by atoms with Crippen molar-refractivity contribution in [3.63, 3.8) is 0 Å². The van der Waals surface area contributed by atoms with Gasteiger partial charge >= 0.3 is 6.09 Å². The molecule has 7 nitrogen and oxygen atoms in total. The molecule has 0 spiro atoms. The van der Waals surface area contributed by atoms with Gasteiger partial charge in [0.15, 0.2) is 11.0 Å². The van der Waals surface area contributed by atoms with Crippen LogP contribution in [0.4, 0.5) is 16.3 Å². The maximum absolute atomic E-state index is 12.2. The highest BCUT2D eigenvalue weighted by Gasteiger charge is 2.25. The fraction of sp³-hybridized carbons (Fsp3) is 0.353. The molecule has 8 heteroatoms. The Morgan fingerprint density at radius 2 is 1.92 bits per heavy atom. The van der Waals surface area contributed by atoms with Crippen molar-refractivity contribution in [3.8, 4) is 0 Å². The summed E-state index contributed by atoms with van der Waals surface area (Å²) in [5.41, 5.74) is 1.67. The van der Waals surface area contributed by atoms with Gasteiger partial charge < -0.3 is 19.9 Å². The molecule has 0 unspecified atom stereocenters. The molecule has 1 fully saturated rings. The first kappa shape index (κ1) is 17.3. The van der Waals surface area contributed by atoms with Crippen LogP contribution in [0.25, 0.3) is 0 Å². The lowest BCUT2D eigenvalue weighted by atomic mass is 10.2. The Kier molecular flexibility index (Phi) is 5.55. The SMILES string of the molecule is CNc1c(Cl)ncnc1N1CCN(C(=O)OCc2ccccc2)CC1. The molecule has 0 saturated carbocycles. The maximum Gasteiger partial charge on any atom is 0.410 e. The average molecular weight is 362 g/mol. The number of ether oxygens (including phenoxy) is 1. The third-order valence-electron chi connectivity index (χ3n) is 4.07. The minimum absolute atomic E-state index is 0.283. The predicted octanol–water partition coefficient (Wildman–Crippen LogP) is 2.63. The van der Waals surface area contributed by atoms with Gasteiger partial charge in [-0.3, -0.25) is 0 Å². The molecular weight excluding hydrogens is 342 g/mol. The Bertz CT molecular complexity index is 720. The van der Waals surface area contributed by atoms with E-state index >= 15 is 0 Å². The normalized spacial score (nSPS) is 14.3. The number of amides is 1. The highest BCUT2D eigenvalue weighted by Crippen LogP contribution is 2.29. The highest BCUT2D eigenvalue weighted by molar-refractivity contribution is 6.32. The molecule has 25 heavy (non-hydrogen) atoms. The second-order valence-electron chi connectivity index (χ2n) is 5.63. The van der Waals surface area contributed by atoms with Crippen molar-refractivity contribution < 1.29 is 9.53 Å². The van der Waals surface area contributed by atoms with Crippen LogP contribution in [0.2, 0.25) is 5.15 Å². The summed E-state index contributed by atoms with van der Waals surface area (Å²) in [6.45, 7) is 2.73. The highest BCUT2D eigenvalue weighted by atomic mass is 35.5. The lowest BCUT2D eigenvalue weighted by Gasteiger charge is -2.35.